The number of aliphatic carboxylic acids is 1. The van der Waals surface area contributed by atoms with Gasteiger partial charge in [0.05, 0.1) is 6.42 Å². The van der Waals surface area contributed by atoms with E-state index in [0.29, 0.717) is 6.54 Å². The quantitative estimate of drug-likeness (QED) is 0.760. The van der Waals surface area contributed by atoms with Crippen LogP contribution in [0.25, 0.3) is 6.08 Å². The predicted octanol–water partition coefficient (Wildman–Crippen LogP) is 1.68. The lowest BCUT2D eigenvalue weighted by Gasteiger charge is -2.03. The van der Waals surface area contributed by atoms with Crippen LogP contribution in [0.1, 0.15) is 18.9 Å². The van der Waals surface area contributed by atoms with E-state index < -0.39 is 5.97 Å². The molecule has 0 radical (unpaired) electrons. The highest BCUT2D eigenvalue weighted by Crippen LogP contribution is 2.10. The summed E-state index contributed by atoms with van der Waals surface area (Å²) in [4.78, 5) is 22.3. The van der Waals surface area contributed by atoms with Crippen molar-refractivity contribution < 1.29 is 14.7 Å². The zero-order chi connectivity index (χ0) is 12.7. The summed E-state index contributed by atoms with van der Waals surface area (Å²) in [6.07, 6.45) is 1.40. The molecule has 0 heterocycles. The van der Waals surface area contributed by atoms with Crippen LogP contribution in [-0.4, -0.2) is 23.5 Å². The Morgan fingerprint density at radius 3 is 2.47 bits per heavy atom. The van der Waals surface area contributed by atoms with Crippen LogP contribution in [0.5, 0.6) is 0 Å². The number of carbonyl (C=O) groups is 2. The lowest BCUT2D eigenvalue weighted by atomic mass is 10.1. The largest absolute Gasteiger partial charge is 0.478 e. The molecule has 0 aliphatic carbocycles. The van der Waals surface area contributed by atoms with E-state index in [1.165, 1.54) is 6.08 Å². The van der Waals surface area contributed by atoms with Crippen molar-refractivity contribution in [1.29, 1.82) is 0 Å². The van der Waals surface area contributed by atoms with Crippen molar-refractivity contribution in [2.24, 2.45) is 0 Å². The normalized spacial score (nSPS) is 11.0. The molecule has 1 rings (SSSR count). The third kappa shape index (κ3) is 4.51. The van der Waals surface area contributed by atoms with E-state index in [-0.39, 0.29) is 17.9 Å². The molecule has 1 aromatic rings. The van der Waals surface area contributed by atoms with Crippen molar-refractivity contribution in [3.8, 4) is 0 Å². The Kier molecular flexibility index (Phi) is 4.94. The molecule has 0 bridgehead atoms. The molecular weight excluding hydrogens is 218 g/mol. The summed E-state index contributed by atoms with van der Waals surface area (Å²) in [6, 6.07) is 9.07. The number of hydrogen-bond acceptors (Lipinski definition) is 2. The molecule has 0 saturated heterocycles. The molecule has 0 atom stereocenters. The van der Waals surface area contributed by atoms with Crippen molar-refractivity contribution in [2.45, 2.75) is 13.3 Å². The number of carboxylic acids is 1. The van der Waals surface area contributed by atoms with E-state index in [9.17, 15) is 9.59 Å². The summed E-state index contributed by atoms with van der Waals surface area (Å²) in [6.45, 7) is 2.29. The van der Waals surface area contributed by atoms with Gasteiger partial charge >= 0.3 is 5.97 Å². The van der Waals surface area contributed by atoms with Gasteiger partial charge in [0, 0.05) is 12.1 Å². The van der Waals surface area contributed by atoms with Crippen LogP contribution < -0.4 is 5.32 Å². The third-order valence-electron chi connectivity index (χ3n) is 2.14. The van der Waals surface area contributed by atoms with E-state index in [2.05, 4.69) is 5.32 Å². The Morgan fingerprint density at radius 2 is 1.94 bits per heavy atom. The van der Waals surface area contributed by atoms with Gasteiger partial charge < -0.3 is 10.4 Å². The minimum atomic E-state index is -1.07. The average molecular weight is 233 g/mol. The summed E-state index contributed by atoms with van der Waals surface area (Å²) in [5, 5.41) is 11.6. The first-order chi connectivity index (χ1) is 8.13. The van der Waals surface area contributed by atoms with Crippen LogP contribution in [0.2, 0.25) is 0 Å². The van der Waals surface area contributed by atoms with E-state index >= 15 is 0 Å². The highest BCUT2D eigenvalue weighted by atomic mass is 16.4. The van der Waals surface area contributed by atoms with Gasteiger partial charge in [0.25, 0.3) is 0 Å². The second-order valence-electron chi connectivity index (χ2n) is 3.52. The van der Waals surface area contributed by atoms with Gasteiger partial charge in [-0.05, 0) is 18.6 Å². The fourth-order valence-electron chi connectivity index (χ4n) is 1.37. The number of carbonyl (C=O) groups excluding carboxylic acids is 1. The first-order valence-electron chi connectivity index (χ1n) is 5.39. The zero-order valence-electron chi connectivity index (χ0n) is 9.64. The van der Waals surface area contributed by atoms with Crippen LogP contribution in [0.15, 0.2) is 35.9 Å². The van der Waals surface area contributed by atoms with Crippen LogP contribution in [0.3, 0.4) is 0 Å². The SMILES string of the molecule is CCNC(=O)CC(=Cc1ccccc1)C(=O)O. The van der Waals surface area contributed by atoms with Crippen molar-refractivity contribution in [1.82, 2.24) is 5.32 Å². The molecule has 0 aliphatic heterocycles. The van der Waals surface area contributed by atoms with E-state index in [1.54, 1.807) is 19.1 Å². The third-order valence-corrected chi connectivity index (χ3v) is 2.14. The fraction of sp³-hybridized carbons (Fsp3) is 0.231. The highest BCUT2D eigenvalue weighted by Gasteiger charge is 2.11. The van der Waals surface area contributed by atoms with Gasteiger partial charge in [-0.1, -0.05) is 30.3 Å². The molecule has 1 aromatic carbocycles. The maximum absolute atomic E-state index is 11.3. The Bertz CT molecular complexity index is 424. The molecule has 0 spiro atoms. The Hall–Kier alpha value is -2.10. The minimum Gasteiger partial charge on any atom is -0.478 e. The van der Waals surface area contributed by atoms with Crippen molar-refractivity contribution in [3.05, 3.63) is 41.5 Å². The lowest BCUT2D eigenvalue weighted by molar-refractivity contribution is -0.134. The van der Waals surface area contributed by atoms with Gasteiger partial charge in [0.15, 0.2) is 0 Å². The van der Waals surface area contributed by atoms with Crippen molar-refractivity contribution in [3.63, 3.8) is 0 Å². The van der Waals surface area contributed by atoms with E-state index in [4.69, 9.17) is 5.11 Å². The molecule has 0 aromatic heterocycles. The number of rotatable bonds is 5. The Labute approximate surface area is 100.0 Å². The molecule has 17 heavy (non-hydrogen) atoms. The van der Waals surface area contributed by atoms with E-state index in [0.717, 1.165) is 5.56 Å². The molecule has 1 amide bonds. The van der Waals surface area contributed by atoms with Crippen LogP contribution in [0, 0.1) is 0 Å². The Balaban J connectivity index is 2.83. The van der Waals surface area contributed by atoms with Gasteiger partial charge in [-0.3, -0.25) is 4.79 Å². The fourth-order valence-corrected chi connectivity index (χ4v) is 1.37. The predicted molar refractivity (Wildman–Crippen MR) is 65.4 cm³/mol. The first kappa shape index (κ1) is 13.0. The maximum Gasteiger partial charge on any atom is 0.332 e. The number of amides is 1. The minimum absolute atomic E-state index is 0.0853. The van der Waals surface area contributed by atoms with Crippen molar-refractivity contribution in [2.75, 3.05) is 6.54 Å². The molecule has 0 fully saturated rings. The molecular formula is C13H15NO3. The van der Waals surface area contributed by atoms with Gasteiger partial charge in [0.2, 0.25) is 5.91 Å². The summed E-state index contributed by atoms with van der Waals surface area (Å²) < 4.78 is 0. The molecule has 0 aliphatic rings. The topological polar surface area (TPSA) is 66.4 Å². The first-order valence-corrected chi connectivity index (χ1v) is 5.39. The monoisotopic (exact) mass is 233 g/mol. The molecule has 0 unspecified atom stereocenters. The second kappa shape index (κ2) is 6.48. The summed E-state index contributed by atoms with van der Waals surface area (Å²) in [5.41, 5.74) is 0.858. The molecule has 4 heteroatoms. The average Bonchev–Trinajstić information content (AvgIpc) is 2.29. The van der Waals surface area contributed by atoms with Gasteiger partial charge in [-0.25, -0.2) is 4.79 Å². The molecule has 0 saturated carbocycles. The zero-order valence-corrected chi connectivity index (χ0v) is 9.64. The van der Waals surface area contributed by atoms with E-state index in [1.807, 2.05) is 18.2 Å². The number of hydrogen-bond donors (Lipinski definition) is 2. The molecule has 4 nitrogen and oxygen atoms in total. The van der Waals surface area contributed by atoms with Crippen LogP contribution in [0.4, 0.5) is 0 Å². The van der Waals surface area contributed by atoms with Gasteiger partial charge in [-0.15, -0.1) is 0 Å². The van der Waals surface area contributed by atoms with Crippen LogP contribution in [-0.2, 0) is 9.59 Å². The molecule has 2 N–H and O–H groups in total. The summed E-state index contributed by atoms with van der Waals surface area (Å²) >= 11 is 0. The molecule has 90 valence electrons. The Morgan fingerprint density at radius 1 is 1.29 bits per heavy atom. The van der Waals surface area contributed by atoms with Gasteiger partial charge in [-0.2, -0.15) is 0 Å². The lowest BCUT2D eigenvalue weighted by Crippen LogP contribution is -2.24. The smallest absolute Gasteiger partial charge is 0.332 e. The maximum atomic E-state index is 11.3. The van der Waals surface area contributed by atoms with Crippen molar-refractivity contribution >= 4 is 18.0 Å². The number of benzene rings is 1. The van der Waals surface area contributed by atoms with Gasteiger partial charge in [0.1, 0.15) is 0 Å². The standard InChI is InChI=1S/C13H15NO3/c1-2-14-12(15)9-11(13(16)17)8-10-6-4-3-5-7-10/h3-8H,2,9H2,1H3,(H,14,15)(H,16,17). The highest BCUT2D eigenvalue weighted by molar-refractivity contribution is 5.98. The number of carboxylic acid groups (broad SMARTS) is 1. The second-order valence-corrected chi connectivity index (χ2v) is 3.52. The van der Waals surface area contributed by atoms with Crippen LogP contribution >= 0.6 is 0 Å². The summed E-state index contributed by atoms with van der Waals surface area (Å²) in [7, 11) is 0. The summed E-state index contributed by atoms with van der Waals surface area (Å²) in [5.74, 6) is -1.35. The number of nitrogens with one attached hydrogen (secondary N) is 1.